The van der Waals surface area contributed by atoms with Crippen LogP contribution in [0, 0.1) is 0 Å². The summed E-state index contributed by atoms with van der Waals surface area (Å²) in [6.45, 7) is 2.90. The van der Waals surface area contributed by atoms with Crippen molar-refractivity contribution < 1.29 is 9.53 Å². The number of rotatable bonds is 5. The van der Waals surface area contributed by atoms with E-state index in [2.05, 4.69) is 37.2 Å². The van der Waals surface area contributed by atoms with E-state index in [0.29, 0.717) is 12.2 Å². The van der Waals surface area contributed by atoms with Gasteiger partial charge in [0.1, 0.15) is 0 Å². The predicted octanol–water partition coefficient (Wildman–Crippen LogP) is 5.06. The molecular formula is C14H13Br2NO2S. The van der Waals surface area contributed by atoms with Gasteiger partial charge in [0.2, 0.25) is 0 Å². The monoisotopic (exact) mass is 417 g/mol. The molecule has 0 saturated heterocycles. The van der Waals surface area contributed by atoms with Gasteiger partial charge in [-0.05, 0) is 68.4 Å². The number of thiophene rings is 1. The highest BCUT2D eigenvalue weighted by molar-refractivity contribution is 9.11. The van der Waals surface area contributed by atoms with Gasteiger partial charge >= 0.3 is 5.97 Å². The molecule has 20 heavy (non-hydrogen) atoms. The number of halogens is 2. The summed E-state index contributed by atoms with van der Waals surface area (Å²) in [5.74, 6) is -0.305. The molecule has 1 aromatic heterocycles. The van der Waals surface area contributed by atoms with Crippen LogP contribution in [0.2, 0.25) is 0 Å². The Morgan fingerprint density at radius 3 is 2.70 bits per heavy atom. The number of esters is 1. The third-order valence-corrected chi connectivity index (χ3v) is 5.19. The molecule has 1 aromatic carbocycles. The second kappa shape index (κ2) is 7.24. The summed E-state index contributed by atoms with van der Waals surface area (Å²) in [5, 5.41) is 5.38. The Kier molecular flexibility index (Phi) is 5.63. The van der Waals surface area contributed by atoms with Gasteiger partial charge in [-0.2, -0.15) is 0 Å². The highest BCUT2D eigenvalue weighted by Gasteiger charge is 2.09. The van der Waals surface area contributed by atoms with Crippen LogP contribution in [-0.2, 0) is 11.3 Å². The SMILES string of the molecule is CCOC(=O)c1ccc(NCc2sccc2Br)c(Br)c1. The molecular weight excluding hydrogens is 406 g/mol. The zero-order valence-electron chi connectivity index (χ0n) is 10.8. The van der Waals surface area contributed by atoms with E-state index in [0.717, 1.165) is 21.2 Å². The highest BCUT2D eigenvalue weighted by Crippen LogP contribution is 2.27. The molecule has 0 amide bonds. The molecule has 0 saturated carbocycles. The third-order valence-electron chi connectivity index (χ3n) is 2.61. The van der Waals surface area contributed by atoms with Gasteiger partial charge in [-0.1, -0.05) is 0 Å². The second-order valence-electron chi connectivity index (χ2n) is 3.96. The number of nitrogens with one attached hydrogen (secondary N) is 1. The molecule has 2 rings (SSSR count). The van der Waals surface area contributed by atoms with Crippen LogP contribution >= 0.6 is 43.2 Å². The van der Waals surface area contributed by atoms with Crippen molar-refractivity contribution in [2.45, 2.75) is 13.5 Å². The minimum atomic E-state index is -0.305. The molecule has 0 spiro atoms. The van der Waals surface area contributed by atoms with Crippen LogP contribution in [-0.4, -0.2) is 12.6 Å². The fraction of sp³-hybridized carbons (Fsp3) is 0.214. The standard InChI is InChI=1S/C14H13Br2NO2S/c1-2-19-14(18)9-3-4-12(11(16)7-9)17-8-13-10(15)5-6-20-13/h3-7,17H,2,8H2,1H3. The van der Waals surface area contributed by atoms with Gasteiger partial charge in [-0.3, -0.25) is 0 Å². The van der Waals surface area contributed by atoms with E-state index >= 15 is 0 Å². The zero-order valence-corrected chi connectivity index (χ0v) is 14.8. The summed E-state index contributed by atoms with van der Waals surface area (Å²) in [6, 6.07) is 7.43. The average molecular weight is 419 g/mol. The number of hydrogen-bond acceptors (Lipinski definition) is 4. The van der Waals surface area contributed by atoms with Gasteiger partial charge in [0.05, 0.1) is 18.7 Å². The first kappa shape index (κ1) is 15.5. The Morgan fingerprint density at radius 2 is 2.10 bits per heavy atom. The Labute approximate surface area is 138 Å². The van der Waals surface area contributed by atoms with Crippen LogP contribution < -0.4 is 5.32 Å². The average Bonchev–Trinajstić information content (AvgIpc) is 2.83. The summed E-state index contributed by atoms with van der Waals surface area (Å²) in [4.78, 5) is 12.9. The molecule has 106 valence electrons. The lowest BCUT2D eigenvalue weighted by atomic mass is 10.2. The maximum Gasteiger partial charge on any atom is 0.338 e. The van der Waals surface area contributed by atoms with E-state index < -0.39 is 0 Å². The minimum Gasteiger partial charge on any atom is -0.462 e. The summed E-state index contributed by atoms with van der Waals surface area (Å²) >= 11 is 8.67. The molecule has 0 atom stereocenters. The van der Waals surface area contributed by atoms with Crippen molar-refractivity contribution in [3.05, 3.63) is 49.0 Å². The lowest BCUT2D eigenvalue weighted by Gasteiger charge is -2.09. The first-order chi connectivity index (χ1) is 9.61. The van der Waals surface area contributed by atoms with Crippen molar-refractivity contribution in [1.82, 2.24) is 0 Å². The molecule has 0 bridgehead atoms. The summed E-state index contributed by atoms with van der Waals surface area (Å²) in [6.07, 6.45) is 0. The van der Waals surface area contributed by atoms with E-state index in [1.165, 1.54) is 4.88 Å². The molecule has 3 nitrogen and oxygen atoms in total. The summed E-state index contributed by atoms with van der Waals surface area (Å²) < 4.78 is 6.92. The molecule has 0 aliphatic carbocycles. The Bertz CT molecular complexity index is 613. The van der Waals surface area contributed by atoms with Gasteiger partial charge in [0.15, 0.2) is 0 Å². The summed E-state index contributed by atoms with van der Waals surface area (Å²) in [5.41, 5.74) is 1.49. The summed E-state index contributed by atoms with van der Waals surface area (Å²) in [7, 11) is 0. The lowest BCUT2D eigenvalue weighted by molar-refractivity contribution is 0.0526. The largest absolute Gasteiger partial charge is 0.462 e. The molecule has 0 aliphatic heterocycles. The fourth-order valence-corrected chi connectivity index (χ4v) is 3.58. The number of ether oxygens (including phenoxy) is 1. The quantitative estimate of drug-likeness (QED) is 0.689. The maximum atomic E-state index is 11.6. The molecule has 0 radical (unpaired) electrons. The number of hydrogen-bond donors (Lipinski definition) is 1. The molecule has 0 fully saturated rings. The van der Waals surface area contributed by atoms with Crippen LogP contribution in [0.4, 0.5) is 5.69 Å². The minimum absolute atomic E-state index is 0.305. The third kappa shape index (κ3) is 3.84. The molecule has 1 N–H and O–H groups in total. The number of benzene rings is 1. The smallest absolute Gasteiger partial charge is 0.338 e. The first-order valence-corrected chi connectivity index (χ1v) is 8.50. The van der Waals surface area contributed by atoms with E-state index in [1.54, 1.807) is 30.4 Å². The van der Waals surface area contributed by atoms with E-state index in [-0.39, 0.29) is 5.97 Å². The molecule has 6 heteroatoms. The van der Waals surface area contributed by atoms with E-state index in [4.69, 9.17) is 4.74 Å². The molecule has 1 heterocycles. The molecule has 0 aliphatic rings. The van der Waals surface area contributed by atoms with Crippen molar-refractivity contribution in [3.63, 3.8) is 0 Å². The van der Waals surface area contributed by atoms with E-state index in [9.17, 15) is 4.79 Å². The fourth-order valence-electron chi connectivity index (χ4n) is 1.63. The van der Waals surface area contributed by atoms with Crippen LogP contribution in [0.25, 0.3) is 0 Å². The van der Waals surface area contributed by atoms with Crippen molar-refractivity contribution in [3.8, 4) is 0 Å². The van der Waals surface area contributed by atoms with Gasteiger partial charge < -0.3 is 10.1 Å². The van der Waals surface area contributed by atoms with Gasteiger partial charge in [-0.25, -0.2) is 4.79 Å². The van der Waals surface area contributed by atoms with Crippen molar-refractivity contribution in [2.75, 3.05) is 11.9 Å². The van der Waals surface area contributed by atoms with Crippen molar-refractivity contribution in [1.29, 1.82) is 0 Å². The second-order valence-corrected chi connectivity index (χ2v) is 6.67. The van der Waals surface area contributed by atoms with Crippen LogP contribution in [0.3, 0.4) is 0 Å². The van der Waals surface area contributed by atoms with Crippen molar-refractivity contribution >= 4 is 54.9 Å². The normalized spacial score (nSPS) is 10.3. The highest BCUT2D eigenvalue weighted by atomic mass is 79.9. The Hall–Kier alpha value is -0.850. The number of carbonyl (C=O) groups is 1. The first-order valence-electron chi connectivity index (χ1n) is 6.04. The van der Waals surface area contributed by atoms with Gasteiger partial charge in [-0.15, -0.1) is 11.3 Å². The Balaban J connectivity index is 2.06. The molecule has 0 unspecified atom stereocenters. The van der Waals surface area contributed by atoms with Crippen LogP contribution in [0.15, 0.2) is 38.6 Å². The lowest BCUT2D eigenvalue weighted by Crippen LogP contribution is -2.05. The number of carbonyl (C=O) groups excluding carboxylic acids is 1. The zero-order chi connectivity index (χ0) is 14.5. The maximum absolute atomic E-state index is 11.6. The Morgan fingerprint density at radius 1 is 1.30 bits per heavy atom. The van der Waals surface area contributed by atoms with Gasteiger partial charge in [0.25, 0.3) is 0 Å². The molecule has 2 aromatic rings. The van der Waals surface area contributed by atoms with Gasteiger partial charge in [0, 0.05) is 19.5 Å². The van der Waals surface area contributed by atoms with E-state index in [1.807, 2.05) is 17.5 Å². The van der Waals surface area contributed by atoms with Crippen LogP contribution in [0.5, 0.6) is 0 Å². The predicted molar refractivity (Wildman–Crippen MR) is 89.4 cm³/mol. The van der Waals surface area contributed by atoms with Crippen molar-refractivity contribution in [2.24, 2.45) is 0 Å². The van der Waals surface area contributed by atoms with Crippen LogP contribution in [0.1, 0.15) is 22.2 Å². The topological polar surface area (TPSA) is 38.3 Å². The number of anilines is 1.